The van der Waals surface area contributed by atoms with Gasteiger partial charge in [-0.1, -0.05) is 17.7 Å². The van der Waals surface area contributed by atoms with Crippen molar-refractivity contribution < 1.29 is 19.1 Å². The highest BCUT2D eigenvalue weighted by Crippen LogP contribution is 2.18. The fraction of sp³-hybridized carbons (Fsp3) is 0.211. The number of hydrogen-bond donors (Lipinski definition) is 1. The van der Waals surface area contributed by atoms with Gasteiger partial charge in [0.25, 0.3) is 0 Å². The van der Waals surface area contributed by atoms with Crippen molar-refractivity contribution in [2.24, 2.45) is 0 Å². The molecule has 2 aromatic carbocycles. The fourth-order valence-electron chi connectivity index (χ4n) is 2.37. The van der Waals surface area contributed by atoms with Gasteiger partial charge >= 0.3 is 5.97 Å². The molecule has 7 heteroatoms. The number of amides is 2. The van der Waals surface area contributed by atoms with Crippen LogP contribution in [0.25, 0.3) is 0 Å². The molecule has 0 aromatic heterocycles. The molecular weight excluding hydrogens is 356 g/mol. The van der Waals surface area contributed by atoms with Gasteiger partial charge in [-0.2, -0.15) is 0 Å². The van der Waals surface area contributed by atoms with Crippen LogP contribution in [0.5, 0.6) is 0 Å². The molecular formula is C19H19ClN2O4. The lowest BCUT2D eigenvalue weighted by Crippen LogP contribution is -2.32. The number of anilines is 2. The number of halogens is 1. The van der Waals surface area contributed by atoms with Gasteiger partial charge in [0.2, 0.25) is 11.8 Å². The lowest BCUT2D eigenvalue weighted by Gasteiger charge is -2.21. The molecule has 2 rings (SSSR count). The van der Waals surface area contributed by atoms with E-state index in [0.29, 0.717) is 22.0 Å². The summed E-state index contributed by atoms with van der Waals surface area (Å²) >= 11 is 5.89. The van der Waals surface area contributed by atoms with E-state index in [9.17, 15) is 14.4 Å². The molecule has 0 aliphatic rings. The number of ether oxygens (including phenoxy) is 1. The van der Waals surface area contributed by atoms with E-state index >= 15 is 0 Å². The summed E-state index contributed by atoms with van der Waals surface area (Å²) in [6.07, 6.45) is 0.116. The number of hydrogen-bond acceptors (Lipinski definition) is 4. The second-order valence-electron chi connectivity index (χ2n) is 5.52. The van der Waals surface area contributed by atoms with Crippen LogP contribution in [-0.4, -0.2) is 31.4 Å². The van der Waals surface area contributed by atoms with Crippen LogP contribution >= 0.6 is 11.6 Å². The van der Waals surface area contributed by atoms with E-state index < -0.39 is 5.97 Å². The molecule has 2 aromatic rings. The minimum Gasteiger partial charge on any atom is -0.465 e. The third kappa shape index (κ3) is 5.32. The molecule has 0 fully saturated rings. The Morgan fingerprint density at radius 3 is 2.38 bits per heavy atom. The molecule has 0 unspecified atom stereocenters. The van der Waals surface area contributed by atoms with Crippen LogP contribution in [0, 0.1) is 0 Å². The van der Waals surface area contributed by atoms with Crippen molar-refractivity contribution >= 4 is 40.8 Å². The van der Waals surface area contributed by atoms with Crippen LogP contribution < -0.4 is 10.2 Å². The first-order valence-electron chi connectivity index (χ1n) is 7.92. The zero-order valence-electron chi connectivity index (χ0n) is 14.5. The quantitative estimate of drug-likeness (QED) is 0.785. The van der Waals surface area contributed by atoms with E-state index in [1.807, 2.05) is 0 Å². The van der Waals surface area contributed by atoms with E-state index in [4.69, 9.17) is 11.6 Å². The van der Waals surface area contributed by atoms with Crippen molar-refractivity contribution in [2.45, 2.75) is 13.3 Å². The molecule has 0 aliphatic carbocycles. The van der Waals surface area contributed by atoms with Crippen LogP contribution in [0.2, 0.25) is 5.02 Å². The summed E-state index contributed by atoms with van der Waals surface area (Å²) in [7, 11) is 1.30. The third-order valence-corrected chi connectivity index (χ3v) is 3.89. The number of nitrogens with zero attached hydrogens (tertiary/aromatic N) is 1. The van der Waals surface area contributed by atoms with Crippen molar-refractivity contribution in [3.8, 4) is 0 Å². The Kier molecular flexibility index (Phi) is 6.74. The average Bonchev–Trinajstić information content (AvgIpc) is 2.61. The predicted octanol–water partition coefficient (Wildman–Crippen LogP) is 3.51. The summed E-state index contributed by atoms with van der Waals surface area (Å²) in [5.74, 6) is -0.886. The summed E-state index contributed by atoms with van der Waals surface area (Å²) in [5.41, 5.74) is 1.58. The van der Waals surface area contributed by atoms with Crippen LogP contribution in [0.4, 0.5) is 11.4 Å². The van der Waals surface area contributed by atoms with Crippen LogP contribution in [-0.2, 0) is 14.3 Å². The predicted molar refractivity (Wildman–Crippen MR) is 101 cm³/mol. The molecule has 2 amide bonds. The average molecular weight is 375 g/mol. The summed E-state index contributed by atoms with van der Waals surface area (Å²) in [6.45, 7) is 1.63. The van der Waals surface area contributed by atoms with Gasteiger partial charge in [-0.25, -0.2) is 4.79 Å². The van der Waals surface area contributed by atoms with Crippen molar-refractivity contribution in [3.05, 3.63) is 59.1 Å². The molecule has 26 heavy (non-hydrogen) atoms. The van der Waals surface area contributed by atoms with Gasteiger partial charge in [0.15, 0.2) is 0 Å². The smallest absolute Gasteiger partial charge is 0.337 e. The lowest BCUT2D eigenvalue weighted by molar-refractivity contribution is -0.117. The number of methoxy groups -OCH3 is 1. The first-order chi connectivity index (χ1) is 12.4. The Bertz CT molecular complexity index is 805. The maximum atomic E-state index is 12.1. The number of carbonyl (C=O) groups excluding carboxylic acids is 3. The molecule has 0 saturated heterocycles. The summed E-state index contributed by atoms with van der Waals surface area (Å²) in [6, 6.07) is 13.3. The third-order valence-electron chi connectivity index (χ3n) is 3.65. The largest absolute Gasteiger partial charge is 0.465 e. The maximum absolute atomic E-state index is 12.1. The van der Waals surface area contributed by atoms with E-state index in [1.165, 1.54) is 18.9 Å². The van der Waals surface area contributed by atoms with E-state index in [0.717, 1.165) is 0 Å². The number of nitrogens with one attached hydrogen (secondary N) is 1. The molecule has 0 aliphatic heterocycles. The van der Waals surface area contributed by atoms with Gasteiger partial charge in [0.05, 0.1) is 12.7 Å². The zero-order valence-corrected chi connectivity index (χ0v) is 15.2. The Labute approximate surface area is 156 Å². The van der Waals surface area contributed by atoms with E-state index in [1.54, 1.807) is 48.5 Å². The van der Waals surface area contributed by atoms with Gasteiger partial charge in [0.1, 0.15) is 0 Å². The Balaban J connectivity index is 2.00. The van der Waals surface area contributed by atoms with Crippen LogP contribution in [0.1, 0.15) is 23.7 Å². The Morgan fingerprint density at radius 2 is 1.81 bits per heavy atom. The fourth-order valence-corrected chi connectivity index (χ4v) is 2.56. The Morgan fingerprint density at radius 1 is 1.12 bits per heavy atom. The highest BCUT2D eigenvalue weighted by atomic mass is 35.5. The minimum atomic E-state index is -0.452. The molecule has 1 N–H and O–H groups in total. The highest BCUT2D eigenvalue weighted by Gasteiger charge is 2.15. The first-order valence-corrected chi connectivity index (χ1v) is 8.30. The number of esters is 1. The van der Waals surface area contributed by atoms with Crippen molar-refractivity contribution in [2.75, 3.05) is 23.9 Å². The van der Waals surface area contributed by atoms with Gasteiger partial charge in [-0.05, 0) is 42.5 Å². The van der Waals surface area contributed by atoms with Gasteiger partial charge in [0, 0.05) is 36.3 Å². The summed E-state index contributed by atoms with van der Waals surface area (Å²) in [5, 5.41) is 3.26. The molecule has 0 bridgehead atoms. The molecule has 0 atom stereocenters. The van der Waals surface area contributed by atoms with E-state index in [2.05, 4.69) is 10.1 Å². The monoisotopic (exact) mass is 374 g/mol. The Hall–Kier alpha value is -2.86. The van der Waals surface area contributed by atoms with Crippen molar-refractivity contribution in [1.29, 1.82) is 0 Å². The van der Waals surface area contributed by atoms with Gasteiger partial charge in [-0.15, -0.1) is 0 Å². The molecule has 0 heterocycles. The SMILES string of the molecule is COC(=O)c1ccc(N(CCC(=O)Nc2cccc(Cl)c2)C(C)=O)cc1. The highest BCUT2D eigenvalue weighted by molar-refractivity contribution is 6.30. The lowest BCUT2D eigenvalue weighted by atomic mass is 10.2. The molecule has 0 saturated carbocycles. The summed E-state index contributed by atoms with van der Waals surface area (Å²) in [4.78, 5) is 37.0. The van der Waals surface area contributed by atoms with Gasteiger partial charge in [-0.3, -0.25) is 9.59 Å². The number of carbonyl (C=O) groups is 3. The van der Waals surface area contributed by atoms with Crippen LogP contribution in [0.3, 0.4) is 0 Å². The first kappa shape index (κ1) is 19.5. The van der Waals surface area contributed by atoms with Crippen molar-refractivity contribution in [3.63, 3.8) is 0 Å². The normalized spacial score (nSPS) is 10.1. The van der Waals surface area contributed by atoms with Crippen molar-refractivity contribution in [1.82, 2.24) is 0 Å². The summed E-state index contributed by atoms with van der Waals surface area (Å²) < 4.78 is 4.65. The molecule has 0 spiro atoms. The molecule has 6 nitrogen and oxygen atoms in total. The zero-order chi connectivity index (χ0) is 19.1. The number of benzene rings is 2. The topological polar surface area (TPSA) is 75.7 Å². The van der Waals surface area contributed by atoms with Gasteiger partial charge < -0.3 is 15.0 Å². The standard InChI is InChI=1S/C19H19ClN2O4/c1-13(23)22(17-8-6-14(7-9-17)19(25)26-2)11-10-18(24)21-16-5-3-4-15(20)12-16/h3-9,12H,10-11H2,1-2H3,(H,21,24). The minimum absolute atomic E-state index is 0.116. The van der Waals surface area contributed by atoms with E-state index in [-0.39, 0.29) is 24.8 Å². The second-order valence-corrected chi connectivity index (χ2v) is 5.95. The molecule has 136 valence electrons. The number of rotatable bonds is 6. The second kappa shape index (κ2) is 9.01. The van der Waals surface area contributed by atoms with Crippen LogP contribution in [0.15, 0.2) is 48.5 Å². The maximum Gasteiger partial charge on any atom is 0.337 e. The molecule has 0 radical (unpaired) electrons.